The van der Waals surface area contributed by atoms with Crippen molar-refractivity contribution in [1.82, 2.24) is 14.7 Å². The Morgan fingerprint density at radius 1 is 1.13 bits per heavy atom. The van der Waals surface area contributed by atoms with Crippen LogP contribution in [0.4, 0.5) is 0 Å². The van der Waals surface area contributed by atoms with E-state index in [0.717, 1.165) is 28.3 Å². The van der Waals surface area contributed by atoms with E-state index in [0.29, 0.717) is 22.4 Å². The quantitative estimate of drug-likeness (QED) is 0.392. The van der Waals surface area contributed by atoms with Gasteiger partial charge in [-0.15, -0.1) is 0 Å². The maximum atomic E-state index is 12.9. The zero-order chi connectivity index (χ0) is 21.8. The van der Waals surface area contributed by atoms with E-state index in [1.807, 2.05) is 71.6 Å². The van der Waals surface area contributed by atoms with E-state index in [2.05, 4.69) is 0 Å². The number of methoxy groups -OCH3 is 2. The van der Waals surface area contributed by atoms with Crippen LogP contribution in [0.15, 0.2) is 65.7 Å². The van der Waals surface area contributed by atoms with Gasteiger partial charge in [-0.05, 0) is 30.3 Å². The number of amides is 1. The first-order chi connectivity index (χ1) is 15.1. The van der Waals surface area contributed by atoms with Crippen molar-refractivity contribution in [3.05, 3.63) is 71.3 Å². The summed E-state index contributed by atoms with van der Waals surface area (Å²) in [6.07, 6.45) is 3.78. The molecule has 2 heterocycles. The van der Waals surface area contributed by atoms with Gasteiger partial charge in [-0.2, -0.15) is 5.10 Å². The van der Waals surface area contributed by atoms with Crippen molar-refractivity contribution in [2.24, 2.45) is 0 Å². The zero-order valence-electron chi connectivity index (χ0n) is 17.1. The maximum Gasteiger partial charge on any atom is 0.266 e. The van der Waals surface area contributed by atoms with E-state index in [1.54, 1.807) is 19.1 Å². The van der Waals surface area contributed by atoms with Crippen LogP contribution in [0, 0.1) is 0 Å². The molecule has 1 saturated heterocycles. The van der Waals surface area contributed by atoms with Gasteiger partial charge in [-0.25, -0.2) is 4.68 Å². The van der Waals surface area contributed by atoms with Gasteiger partial charge in [0.1, 0.15) is 15.8 Å². The Hall–Kier alpha value is -2.94. The molecule has 31 heavy (non-hydrogen) atoms. The molecule has 0 N–H and O–H groups in total. The van der Waals surface area contributed by atoms with Crippen LogP contribution in [0.3, 0.4) is 0 Å². The van der Waals surface area contributed by atoms with Crippen LogP contribution >= 0.6 is 24.0 Å². The van der Waals surface area contributed by atoms with Gasteiger partial charge in [-0.1, -0.05) is 54.3 Å². The van der Waals surface area contributed by atoms with E-state index in [-0.39, 0.29) is 5.91 Å². The molecule has 0 bridgehead atoms. The summed E-state index contributed by atoms with van der Waals surface area (Å²) in [5.74, 6) is 0.625. The second kappa shape index (κ2) is 9.47. The minimum absolute atomic E-state index is 0.115. The Bertz CT molecular complexity index is 1140. The number of thiocarbonyl (C=S) groups is 1. The fourth-order valence-electron chi connectivity index (χ4n) is 3.22. The molecule has 1 aliphatic rings. The predicted octanol–water partition coefficient (Wildman–Crippen LogP) is 4.40. The minimum atomic E-state index is -0.115. The van der Waals surface area contributed by atoms with Crippen molar-refractivity contribution in [3.8, 4) is 22.7 Å². The summed E-state index contributed by atoms with van der Waals surface area (Å²) in [6.45, 7) is 0.866. The summed E-state index contributed by atoms with van der Waals surface area (Å²) in [4.78, 5) is 15.0. The Labute approximate surface area is 190 Å². The average molecular weight is 452 g/mol. The first-order valence-electron chi connectivity index (χ1n) is 9.64. The summed E-state index contributed by atoms with van der Waals surface area (Å²) in [6, 6.07) is 17.6. The number of thioether (sulfide) groups is 1. The molecule has 1 fully saturated rings. The van der Waals surface area contributed by atoms with Crippen LogP contribution in [0.1, 0.15) is 5.56 Å². The number of hydrogen-bond donors (Lipinski definition) is 0. The average Bonchev–Trinajstić information content (AvgIpc) is 3.34. The summed E-state index contributed by atoms with van der Waals surface area (Å²) in [5.41, 5.74) is 3.41. The molecule has 3 aromatic rings. The van der Waals surface area contributed by atoms with Gasteiger partial charge in [0.15, 0.2) is 0 Å². The van der Waals surface area contributed by atoms with E-state index >= 15 is 0 Å². The van der Waals surface area contributed by atoms with Crippen LogP contribution in [-0.2, 0) is 9.53 Å². The number of para-hydroxylation sites is 1. The van der Waals surface area contributed by atoms with Crippen molar-refractivity contribution >= 4 is 40.3 Å². The zero-order valence-corrected chi connectivity index (χ0v) is 18.8. The van der Waals surface area contributed by atoms with Crippen molar-refractivity contribution in [1.29, 1.82) is 0 Å². The number of carbonyl (C=O) groups excluding carboxylic acids is 1. The Kier molecular flexibility index (Phi) is 6.50. The first kappa shape index (κ1) is 21.3. The van der Waals surface area contributed by atoms with Gasteiger partial charge in [-0.3, -0.25) is 9.69 Å². The van der Waals surface area contributed by atoms with Gasteiger partial charge >= 0.3 is 0 Å². The van der Waals surface area contributed by atoms with Crippen molar-refractivity contribution in [3.63, 3.8) is 0 Å². The van der Waals surface area contributed by atoms with E-state index in [9.17, 15) is 4.79 Å². The van der Waals surface area contributed by atoms with Crippen LogP contribution in [0.5, 0.6) is 5.75 Å². The second-order valence-corrected chi connectivity index (χ2v) is 8.45. The van der Waals surface area contributed by atoms with E-state index in [4.69, 9.17) is 26.8 Å². The van der Waals surface area contributed by atoms with Crippen LogP contribution < -0.4 is 4.74 Å². The molecule has 6 nitrogen and oxygen atoms in total. The highest BCUT2D eigenvalue weighted by Gasteiger charge is 2.32. The molecular weight excluding hydrogens is 430 g/mol. The number of hydrogen-bond acceptors (Lipinski definition) is 6. The highest BCUT2D eigenvalue weighted by atomic mass is 32.2. The molecule has 2 aromatic carbocycles. The summed E-state index contributed by atoms with van der Waals surface area (Å²) in [7, 11) is 3.24. The fourth-order valence-corrected chi connectivity index (χ4v) is 4.52. The number of benzene rings is 2. The third kappa shape index (κ3) is 4.56. The molecule has 0 spiro atoms. The topological polar surface area (TPSA) is 56.6 Å². The lowest BCUT2D eigenvalue weighted by atomic mass is 10.1. The smallest absolute Gasteiger partial charge is 0.266 e. The highest BCUT2D eigenvalue weighted by molar-refractivity contribution is 8.26. The number of carbonyl (C=O) groups is 1. The van der Waals surface area contributed by atoms with Crippen LogP contribution in [0.25, 0.3) is 23.0 Å². The Balaban J connectivity index is 1.77. The summed E-state index contributed by atoms with van der Waals surface area (Å²) >= 11 is 6.69. The monoisotopic (exact) mass is 451 g/mol. The third-order valence-corrected chi connectivity index (χ3v) is 6.16. The highest BCUT2D eigenvalue weighted by Crippen LogP contribution is 2.35. The lowest BCUT2D eigenvalue weighted by Crippen LogP contribution is -2.31. The molecule has 0 aliphatic carbocycles. The molecule has 0 unspecified atom stereocenters. The fraction of sp³-hybridized carbons (Fsp3) is 0.174. The SMILES string of the molecule is COCCN1C(=O)C(=Cc2cn(-c3ccccc3)nc2-c2cccc(OC)c2)SC1=S. The van der Waals surface area contributed by atoms with Gasteiger partial charge in [0.25, 0.3) is 5.91 Å². The molecule has 1 aliphatic heterocycles. The van der Waals surface area contributed by atoms with Crippen molar-refractivity contribution in [2.45, 2.75) is 0 Å². The molecule has 8 heteroatoms. The Morgan fingerprint density at radius 3 is 2.68 bits per heavy atom. The van der Waals surface area contributed by atoms with E-state index < -0.39 is 0 Å². The number of nitrogens with zero attached hydrogens (tertiary/aromatic N) is 3. The summed E-state index contributed by atoms with van der Waals surface area (Å²) in [5, 5.41) is 4.81. The summed E-state index contributed by atoms with van der Waals surface area (Å²) < 4.78 is 12.8. The van der Waals surface area contributed by atoms with Gasteiger partial charge < -0.3 is 9.47 Å². The van der Waals surface area contributed by atoms with Crippen molar-refractivity contribution < 1.29 is 14.3 Å². The molecule has 158 valence electrons. The standard InChI is InChI=1S/C23H21N3O3S2/c1-28-12-11-25-22(27)20(31-23(25)30)14-17-15-26(18-8-4-3-5-9-18)24-21(17)16-7-6-10-19(13-16)29-2/h3-10,13-15H,11-12H2,1-2H3. The van der Waals surface area contributed by atoms with Crippen molar-refractivity contribution in [2.75, 3.05) is 27.4 Å². The minimum Gasteiger partial charge on any atom is -0.497 e. The van der Waals surface area contributed by atoms with Gasteiger partial charge in [0, 0.05) is 24.4 Å². The lowest BCUT2D eigenvalue weighted by molar-refractivity contribution is -0.122. The number of rotatable bonds is 7. The molecule has 0 radical (unpaired) electrons. The number of ether oxygens (including phenoxy) is 2. The first-order valence-corrected chi connectivity index (χ1v) is 10.9. The molecule has 1 amide bonds. The lowest BCUT2D eigenvalue weighted by Gasteiger charge is -2.12. The van der Waals surface area contributed by atoms with Gasteiger partial charge in [0.05, 0.1) is 30.9 Å². The van der Waals surface area contributed by atoms with Crippen LogP contribution in [0.2, 0.25) is 0 Å². The second-order valence-electron chi connectivity index (χ2n) is 6.77. The van der Waals surface area contributed by atoms with E-state index in [1.165, 1.54) is 11.8 Å². The molecule has 4 rings (SSSR count). The molecule has 0 saturated carbocycles. The predicted molar refractivity (Wildman–Crippen MR) is 127 cm³/mol. The Morgan fingerprint density at radius 2 is 1.94 bits per heavy atom. The molecule has 1 aromatic heterocycles. The normalized spacial score (nSPS) is 15.2. The maximum absolute atomic E-state index is 12.9. The number of aromatic nitrogens is 2. The molecule has 0 atom stereocenters. The third-order valence-electron chi connectivity index (χ3n) is 4.79. The largest absolute Gasteiger partial charge is 0.497 e. The molecular formula is C23H21N3O3S2. The van der Waals surface area contributed by atoms with Crippen LogP contribution in [-0.4, -0.2) is 52.3 Å². The van der Waals surface area contributed by atoms with Gasteiger partial charge in [0.2, 0.25) is 0 Å².